The smallest absolute Gasteiger partial charge is 0.243 e. The van der Waals surface area contributed by atoms with Crippen molar-refractivity contribution in [1.29, 1.82) is 0 Å². The molecule has 0 aromatic heterocycles. The summed E-state index contributed by atoms with van der Waals surface area (Å²) in [5.41, 5.74) is 3.26. The van der Waals surface area contributed by atoms with Gasteiger partial charge in [-0.1, -0.05) is 0 Å². The molecule has 10 heteroatoms. The number of piperidine rings is 1. The third-order valence-corrected chi connectivity index (χ3v) is 6.97. The van der Waals surface area contributed by atoms with Crippen molar-refractivity contribution in [3.8, 4) is 11.5 Å². The second-order valence-corrected chi connectivity index (χ2v) is 8.92. The van der Waals surface area contributed by atoms with Crippen LogP contribution in [0.2, 0.25) is 0 Å². The van der Waals surface area contributed by atoms with Crippen LogP contribution in [0, 0.1) is 11.7 Å². The normalized spacial score (nSPS) is 17.4. The highest BCUT2D eigenvalue weighted by atomic mass is 32.2. The largest absolute Gasteiger partial charge is 0.454 e. The molecule has 8 nitrogen and oxygen atoms in total. The Morgan fingerprint density at radius 1 is 1.10 bits per heavy atom. The van der Waals surface area contributed by atoms with E-state index in [2.05, 4.69) is 10.5 Å². The lowest BCUT2D eigenvalue weighted by Crippen LogP contribution is -2.42. The molecule has 1 fully saturated rings. The van der Waals surface area contributed by atoms with E-state index in [1.807, 2.05) is 0 Å². The first-order chi connectivity index (χ1) is 14.4. The average molecular weight is 433 g/mol. The van der Waals surface area contributed by atoms with Gasteiger partial charge < -0.3 is 9.47 Å². The number of hydrazone groups is 1. The number of hydrogen-bond donors (Lipinski definition) is 1. The van der Waals surface area contributed by atoms with E-state index in [1.54, 1.807) is 18.2 Å². The maximum absolute atomic E-state index is 13.0. The van der Waals surface area contributed by atoms with Crippen molar-refractivity contribution >= 4 is 22.1 Å². The van der Waals surface area contributed by atoms with Crippen LogP contribution in [0.5, 0.6) is 11.5 Å². The van der Waals surface area contributed by atoms with Gasteiger partial charge in [0, 0.05) is 19.0 Å². The molecule has 0 spiro atoms. The summed E-state index contributed by atoms with van der Waals surface area (Å²) in [5.74, 6) is 0.202. The van der Waals surface area contributed by atoms with Crippen molar-refractivity contribution in [2.75, 3.05) is 19.9 Å². The lowest BCUT2D eigenvalue weighted by atomic mass is 9.98. The molecule has 2 aromatic carbocycles. The number of benzene rings is 2. The molecule has 2 aliphatic heterocycles. The molecule has 1 N–H and O–H groups in total. The van der Waals surface area contributed by atoms with Crippen LogP contribution in [-0.4, -0.2) is 44.7 Å². The standard InChI is InChI=1S/C20H20FN3O5S/c21-16-2-4-17(5-3-16)30(26,27)24-9-7-15(8-10-24)20(25)23-22-12-14-1-6-18-19(11-14)29-13-28-18/h1-6,11-12,15H,7-10,13H2,(H,23,25)/b22-12-. The third-order valence-electron chi connectivity index (χ3n) is 5.06. The molecule has 1 amide bonds. The quantitative estimate of drug-likeness (QED) is 0.575. The lowest BCUT2D eigenvalue weighted by Gasteiger charge is -2.30. The first-order valence-electron chi connectivity index (χ1n) is 9.42. The summed E-state index contributed by atoms with van der Waals surface area (Å²) in [4.78, 5) is 12.4. The van der Waals surface area contributed by atoms with Crippen molar-refractivity contribution in [3.05, 3.63) is 53.8 Å². The van der Waals surface area contributed by atoms with E-state index >= 15 is 0 Å². The van der Waals surface area contributed by atoms with Crippen LogP contribution >= 0.6 is 0 Å². The second kappa shape index (κ2) is 8.41. The van der Waals surface area contributed by atoms with Crippen molar-refractivity contribution < 1.29 is 27.1 Å². The summed E-state index contributed by atoms with van der Waals surface area (Å²) in [6.07, 6.45) is 2.27. The highest BCUT2D eigenvalue weighted by Crippen LogP contribution is 2.32. The van der Waals surface area contributed by atoms with Gasteiger partial charge in [-0.25, -0.2) is 18.2 Å². The molecule has 2 aliphatic rings. The van der Waals surface area contributed by atoms with Crippen LogP contribution in [0.3, 0.4) is 0 Å². The number of carbonyl (C=O) groups excluding carboxylic acids is 1. The van der Waals surface area contributed by atoms with Crippen LogP contribution in [0.25, 0.3) is 0 Å². The van der Waals surface area contributed by atoms with Gasteiger partial charge in [-0.3, -0.25) is 4.79 Å². The van der Waals surface area contributed by atoms with Crippen LogP contribution in [0.4, 0.5) is 4.39 Å². The minimum Gasteiger partial charge on any atom is -0.454 e. The van der Waals surface area contributed by atoms with Gasteiger partial charge in [0.05, 0.1) is 11.1 Å². The Kier molecular flexibility index (Phi) is 5.69. The van der Waals surface area contributed by atoms with Crippen LogP contribution in [0.15, 0.2) is 52.5 Å². The number of nitrogens with zero attached hydrogens (tertiary/aromatic N) is 2. The minimum absolute atomic E-state index is 0.0418. The Balaban J connectivity index is 1.30. The Labute approximate surface area is 173 Å². The fourth-order valence-corrected chi connectivity index (χ4v) is 4.84. The van der Waals surface area contributed by atoms with E-state index in [0.29, 0.717) is 24.3 Å². The molecule has 158 valence electrons. The molecule has 0 atom stereocenters. The predicted octanol–water partition coefficient (Wildman–Crippen LogP) is 2.11. The first-order valence-corrected chi connectivity index (χ1v) is 10.9. The fraction of sp³-hybridized carbons (Fsp3) is 0.300. The number of halogens is 1. The number of hydrogen-bond acceptors (Lipinski definition) is 6. The van der Waals surface area contributed by atoms with Gasteiger partial charge in [0.1, 0.15) is 5.82 Å². The van der Waals surface area contributed by atoms with Crippen LogP contribution < -0.4 is 14.9 Å². The van der Waals surface area contributed by atoms with Crippen LogP contribution in [-0.2, 0) is 14.8 Å². The highest BCUT2D eigenvalue weighted by molar-refractivity contribution is 7.89. The number of sulfonamides is 1. The molecule has 2 heterocycles. The summed E-state index contributed by atoms with van der Waals surface area (Å²) < 4.78 is 50.2. The molecule has 0 aliphatic carbocycles. The Bertz CT molecular complexity index is 1060. The first kappa shape index (κ1) is 20.3. The van der Waals surface area contributed by atoms with E-state index in [0.717, 1.165) is 17.7 Å². The average Bonchev–Trinajstić information content (AvgIpc) is 3.22. The number of rotatable bonds is 5. The zero-order chi connectivity index (χ0) is 21.1. The molecule has 1 saturated heterocycles. The highest BCUT2D eigenvalue weighted by Gasteiger charge is 2.32. The van der Waals surface area contributed by atoms with Gasteiger partial charge in [0.2, 0.25) is 22.7 Å². The second-order valence-electron chi connectivity index (χ2n) is 6.98. The van der Waals surface area contributed by atoms with E-state index in [1.165, 1.54) is 22.7 Å². The van der Waals surface area contributed by atoms with Gasteiger partial charge in [0.25, 0.3) is 0 Å². The van der Waals surface area contributed by atoms with E-state index in [9.17, 15) is 17.6 Å². The number of amides is 1. The van der Waals surface area contributed by atoms with Crippen LogP contribution in [0.1, 0.15) is 18.4 Å². The van der Waals surface area contributed by atoms with Crippen molar-refractivity contribution in [3.63, 3.8) is 0 Å². The predicted molar refractivity (Wildman–Crippen MR) is 106 cm³/mol. The van der Waals surface area contributed by atoms with Crippen molar-refractivity contribution in [2.24, 2.45) is 11.0 Å². The maximum atomic E-state index is 13.0. The third kappa shape index (κ3) is 4.29. The molecule has 4 rings (SSSR count). The van der Waals surface area contributed by atoms with E-state index in [4.69, 9.17) is 9.47 Å². The van der Waals surface area contributed by atoms with Gasteiger partial charge in [-0.2, -0.15) is 9.41 Å². The Morgan fingerprint density at radius 3 is 2.53 bits per heavy atom. The molecular weight excluding hydrogens is 413 g/mol. The van der Waals surface area contributed by atoms with Gasteiger partial charge in [0.15, 0.2) is 11.5 Å². The van der Waals surface area contributed by atoms with Gasteiger partial charge in [-0.05, 0) is 60.9 Å². The zero-order valence-corrected chi connectivity index (χ0v) is 16.8. The summed E-state index contributed by atoms with van der Waals surface area (Å²) >= 11 is 0. The van der Waals surface area contributed by atoms with Gasteiger partial charge >= 0.3 is 0 Å². The molecule has 0 radical (unpaired) electrons. The molecule has 0 unspecified atom stereocenters. The lowest BCUT2D eigenvalue weighted by molar-refractivity contribution is -0.126. The monoisotopic (exact) mass is 433 g/mol. The van der Waals surface area contributed by atoms with Gasteiger partial charge in [-0.15, -0.1) is 0 Å². The number of ether oxygens (including phenoxy) is 2. The summed E-state index contributed by atoms with van der Waals surface area (Å²) in [5, 5.41) is 3.98. The topological polar surface area (TPSA) is 97.3 Å². The zero-order valence-electron chi connectivity index (χ0n) is 16.0. The molecule has 0 bridgehead atoms. The Hall–Kier alpha value is -2.98. The minimum atomic E-state index is -3.70. The summed E-state index contributed by atoms with van der Waals surface area (Å²) in [7, 11) is -3.70. The summed E-state index contributed by atoms with van der Waals surface area (Å²) in [6.45, 7) is 0.607. The van der Waals surface area contributed by atoms with E-state index < -0.39 is 15.8 Å². The number of carbonyl (C=O) groups is 1. The van der Waals surface area contributed by atoms with Crippen molar-refractivity contribution in [1.82, 2.24) is 9.73 Å². The maximum Gasteiger partial charge on any atom is 0.243 e. The van der Waals surface area contributed by atoms with Crippen molar-refractivity contribution in [2.45, 2.75) is 17.7 Å². The number of fused-ring (bicyclic) bond motifs is 1. The SMILES string of the molecule is O=C(N/N=C\c1ccc2c(c1)OCO2)C1CCN(S(=O)(=O)c2ccc(F)cc2)CC1. The molecule has 2 aromatic rings. The molecular formula is C20H20FN3O5S. The van der Waals surface area contributed by atoms with E-state index in [-0.39, 0.29) is 36.6 Å². The molecule has 30 heavy (non-hydrogen) atoms. The Morgan fingerprint density at radius 2 is 1.80 bits per heavy atom. The number of nitrogens with one attached hydrogen (secondary N) is 1. The molecule has 0 saturated carbocycles. The fourth-order valence-electron chi connectivity index (χ4n) is 3.37. The summed E-state index contributed by atoms with van der Waals surface area (Å²) in [6, 6.07) is 10.0.